The van der Waals surface area contributed by atoms with E-state index in [0.29, 0.717) is 5.36 Å². The van der Waals surface area contributed by atoms with Crippen LogP contribution >= 0.6 is 11.3 Å². The molecule has 2 aromatic rings. The molecule has 28 heavy (non-hydrogen) atoms. The summed E-state index contributed by atoms with van der Waals surface area (Å²) >= 11 is 1.54. The summed E-state index contributed by atoms with van der Waals surface area (Å²) < 4.78 is 33.1. The average molecular weight is 412 g/mol. The molecule has 0 fully saturated rings. The molecule has 0 radical (unpaired) electrons. The number of hydrogen-bond acceptors (Lipinski definition) is 6. The van der Waals surface area contributed by atoms with E-state index in [1.807, 2.05) is 24.3 Å². The number of aromatic carboxylic acids is 1. The molecule has 0 spiro atoms. The molecule has 2 aliphatic rings. The third-order valence-electron chi connectivity index (χ3n) is 3.96. The Morgan fingerprint density at radius 3 is 2.57 bits per heavy atom. The molecule has 0 unspecified atom stereocenters. The Morgan fingerprint density at radius 1 is 1.04 bits per heavy atom. The zero-order valence-corrected chi connectivity index (χ0v) is 15.7. The molecule has 1 aliphatic carbocycles. The lowest BCUT2D eigenvalue weighted by atomic mass is 10.2. The molecule has 9 heteroatoms. The van der Waals surface area contributed by atoms with E-state index in [1.54, 1.807) is 18.2 Å². The van der Waals surface area contributed by atoms with Crippen LogP contribution in [-0.2, 0) is 10.1 Å². The molecule has 0 saturated heterocycles. The molecule has 140 valence electrons. The molecule has 1 aliphatic heterocycles. The first-order valence-corrected chi connectivity index (χ1v) is 10.3. The fourth-order valence-electron chi connectivity index (χ4n) is 2.70. The van der Waals surface area contributed by atoms with Crippen LogP contribution in [0.2, 0.25) is 0 Å². The Morgan fingerprint density at radius 2 is 1.82 bits per heavy atom. The highest BCUT2D eigenvalue weighted by atomic mass is 32.2. The number of rotatable bonds is 3. The second kappa shape index (κ2) is 6.79. The quantitative estimate of drug-likeness (QED) is 0.392. The van der Waals surface area contributed by atoms with Crippen molar-refractivity contribution < 1.29 is 22.9 Å². The number of carbonyl (C=O) groups is 1. The molecule has 0 amide bonds. The van der Waals surface area contributed by atoms with Gasteiger partial charge in [0, 0.05) is 0 Å². The highest BCUT2D eigenvalue weighted by Crippen LogP contribution is 2.29. The van der Waals surface area contributed by atoms with Gasteiger partial charge in [0.05, 0.1) is 42.3 Å². The first-order chi connectivity index (χ1) is 13.3. The fraction of sp³-hybridized carbons (Fsp3) is 0. The molecule has 0 atom stereocenters. The van der Waals surface area contributed by atoms with Crippen LogP contribution in [-0.4, -0.2) is 29.0 Å². The van der Waals surface area contributed by atoms with Crippen LogP contribution in [0.3, 0.4) is 0 Å². The van der Waals surface area contributed by atoms with Gasteiger partial charge in [-0.25, -0.2) is 14.8 Å². The van der Waals surface area contributed by atoms with Crippen molar-refractivity contribution in [1.82, 2.24) is 4.98 Å². The monoisotopic (exact) mass is 412 g/mol. The average Bonchev–Trinajstić information content (AvgIpc) is 2.65. The maximum atomic E-state index is 11.4. The first-order valence-electron chi connectivity index (χ1n) is 8.00. The number of fused-ring (bicyclic) bond motifs is 2. The zero-order valence-electron chi connectivity index (χ0n) is 14.1. The van der Waals surface area contributed by atoms with Crippen molar-refractivity contribution >= 4 is 43.3 Å². The van der Waals surface area contributed by atoms with E-state index in [2.05, 4.69) is 9.98 Å². The fourth-order valence-corrected chi connectivity index (χ4v) is 4.25. The van der Waals surface area contributed by atoms with Crippen LogP contribution in [0, 0.1) is 0 Å². The summed E-state index contributed by atoms with van der Waals surface area (Å²) in [4.78, 5) is 20.5. The summed E-state index contributed by atoms with van der Waals surface area (Å²) in [7, 11) is -4.56. The number of hydrogen-bond donors (Lipinski definition) is 2. The maximum absolute atomic E-state index is 11.4. The number of carboxylic acid groups (broad SMARTS) is 1. The van der Waals surface area contributed by atoms with Gasteiger partial charge in [0.1, 0.15) is 0 Å². The minimum atomic E-state index is -4.56. The van der Waals surface area contributed by atoms with E-state index in [1.165, 1.54) is 17.4 Å². The van der Waals surface area contributed by atoms with Gasteiger partial charge < -0.3 is 5.11 Å². The van der Waals surface area contributed by atoms with Gasteiger partial charge in [-0.1, -0.05) is 12.1 Å². The number of nitrogens with zero attached hydrogens (tertiary/aromatic N) is 2. The van der Waals surface area contributed by atoms with Gasteiger partial charge in [-0.05, 0) is 48.5 Å². The van der Waals surface area contributed by atoms with Gasteiger partial charge in [-0.2, -0.15) is 8.42 Å². The van der Waals surface area contributed by atoms with Gasteiger partial charge in [-0.15, -0.1) is 11.3 Å². The third-order valence-corrected chi connectivity index (χ3v) is 5.91. The van der Waals surface area contributed by atoms with Gasteiger partial charge in [-0.3, -0.25) is 4.55 Å². The van der Waals surface area contributed by atoms with Crippen LogP contribution < -0.4 is 5.36 Å². The summed E-state index contributed by atoms with van der Waals surface area (Å²) in [5.41, 5.74) is 1.49. The van der Waals surface area contributed by atoms with Gasteiger partial charge >= 0.3 is 5.97 Å². The number of benzene rings is 3. The summed E-state index contributed by atoms with van der Waals surface area (Å²) in [5.74, 6) is -1.32. The molecule has 2 N–H and O–H groups in total. The van der Waals surface area contributed by atoms with Crippen LogP contribution in [0.1, 0.15) is 10.4 Å². The second-order valence-corrected chi connectivity index (χ2v) is 8.45. The number of carboxylic acids is 1. The minimum absolute atomic E-state index is 0.102. The Labute approximate surface area is 163 Å². The summed E-state index contributed by atoms with van der Waals surface area (Å²) in [6.07, 6.45) is 0. The lowest BCUT2D eigenvalue weighted by Gasteiger charge is -2.06. The lowest BCUT2D eigenvalue weighted by molar-refractivity contribution is 0.0696. The van der Waals surface area contributed by atoms with Crippen molar-refractivity contribution in [1.29, 1.82) is 0 Å². The van der Waals surface area contributed by atoms with Crippen LogP contribution in [0.25, 0.3) is 20.8 Å². The normalized spacial score (nSPS) is 12.5. The van der Waals surface area contributed by atoms with Crippen molar-refractivity contribution in [2.75, 3.05) is 0 Å². The molecular formula is C19H12N2O5S2. The minimum Gasteiger partial charge on any atom is -0.478 e. The van der Waals surface area contributed by atoms with Crippen LogP contribution in [0.5, 0.6) is 0 Å². The van der Waals surface area contributed by atoms with E-state index >= 15 is 0 Å². The lowest BCUT2D eigenvalue weighted by Crippen LogP contribution is -2.04. The van der Waals surface area contributed by atoms with Gasteiger partial charge in [0.15, 0.2) is 0 Å². The predicted octanol–water partition coefficient (Wildman–Crippen LogP) is 3.58. The van der Waals surface area contributed by atoms with E-state index in [9.17, 15) is 22.9 Å². The van der Waals surface area contributed by atoms with Crippen molar-refractivity contribution in [3.05, 3.63) is 71.6 Å². The van der Waals surface area contributed by atoms with Crippen molar-refractivity contribution in [2.24, 2.45) is 4.99 Å². The molecule has 1 heterocycles. The smallest absolute Gasteiger partial charge is 0.335 e. The van der Waals surface area contributed by atoms with Gasteiger partial charge in [0.25, 0.3) is 10.1 Å². The number of para-hydroxylation sites is 1. The second-order valence-electron chi connectivity index (χ2n) is 5.94. The Hall–Kier alpha value is -3.14. The van der Waals surface area contributed by atoms with Crippen molar-refractivity contribution in [3.63, 3.8) is 0 Å². The number of aromatic nitrogens is 1. The van der Waals surface area contributed by atoms with Crippen molar-refractivity contribution in [2.45, 2.75) is 4.90 Å². The van der Waals surface area contributed by atoms with E-state index in [4.69, 9.17) is 0 Å². The first kappa shape index (κ1) is 18.2. The van der Waals surface area contributed by atoms with Crippen LogP contribution in [0.4, 0.5) is 5.69 Å². The predicted molar refractivity (Wildman–Crippen MR) is 105 cm³/mol. The Bertz CT molecular complexity index is 1380. The molecule has 0 saturated carbocycles. The largest absolute Gasteiger partial charge is 0.478 e. The molecule has 7 nitrogen and oxygen atoms in total. The molecule has 0 bridgehead atoms. The summed E-state index contributed by atoms with van der Waals surface area (Å²) in [6.45, 7) is 0. The molecule has 4 rings (SSSR count). The Kier molecular flexibility index (Phi) is 4.42. The zero-order chi connectivity index (χ0) is 19.9. The highest BCUT2D eigenvalue weighted by Gasteiger charge is 2.15. The van der Waals surface area contributed by atoms with E-state index < -0.39 is 21.0 Å². The van der Waals surface area contributed by atoms with Gasteiger partial charge in [0.2, 0.25) is 0 Å². The summed E-state index contributed by atoms with van der Waals surface area (Å²) in [5, 5.41) is 9.69. The Balaban J connectivity index is 1.90. The maximum Gasteiger partial charge on any atom is 0.335 e. The molecule has 2 aromatic carbocycles. The van der Waals surface area contributed by atoms with Crippen molar-refractivity contribution in [3.8, 4) is 10.6 Å². The van der Waals surface area contributed by atoms with E-state index in [-0.39, 0.29) is 11.3 Å². The van der Waals surface area contributed by atoms with E-state index in [0.717, 1.165) is 32.9 Å². The molecular weight excluding hydrogens is 400 g/mol. The third kappa shape index (κ3) is 3.63. The van der Waals surface area contributed by atoms with Crippen LogP contribution in [0.15, 0.2) is 70.6 Å². The summed E-state index contributed by atoms with van der Waals surface area (Å²) in [6, 6.07) is 16.3. The molecule has 0 aromatic heterocycles. The SMILES string of the molecule is O=C(O)c1cc(N=c2ccc3nc4ccccc4sc-3c2)cc(S(=O)(=O)O)c1. The topological polar surface area (TPSA) is 117 Å². The standard InChI is InChI=1S/C19H12N2O5S2/c22-19(23)11-7-13(9-14(8-11)28(24,25)26)20-12-5-6-16-18(10-12)27-17-4-2-1-3-15(17)21-16/h1-10H,(H,22,23)(H,24,25,26). The highest BCUT2D eigenvalue weighted by molar-refractivity contribution is 7.85.